The average molecular weight is 284 g/mol. The van der Waals surface area contributed by atoms with Crippen molar-refractivity contribution in [2.75, 3.05) is 0 Å². The van der Waals surface area contributed by atoms with Crippen molar-refractivity contribution in [1.29, 1.82) is 0 Å². The van der Waals surface area contributed by atoms with Crippen LogP contribution >= 0.6 is 0 Å². The zero-order chi connectivity index (χ0) is 13.9. The average Bonchev–Trinajstić information content (AvgIpc) is 2.23. The Bertz CT molecular complexity index is 467. The Hall–Kier alpha value is -0.470. The molecule has 0 spiro atoms. The number of carbonyl (C=O) groups is 2. The fraction of sp³-hybridized carbons (Fsp3) is 0.400. The molecule has 0 aromatic rings. The number of hydrogen-bond acceptors (Lipinski definition) is 5. The van der Waals surface area contributed by atoms with Crippen LogP contribution in [0, 0.1) is 5.92 Å². The van der Waals surface area contributed by atoms with Gasteiger partial charge in [0.1, 0.15) is 6.79 Å². The van der Waals surface area contributed by atoms with E-state index in [1.54, 1.807) is 13.0 Å². The second kappa shape index (κ2) is 7.20. The van der Waals surface area contributed by atoms with Gasteiger partial charge in [-0.1, -0.05) is 30.7 Å². The normalized spacial score (nSPS) is 26.2. The number of carboxylic acids is 1. The summed E-state index contributed by atoms with van der Waals surface area (Å²) in [4.78, 5) is 19.0. The SMILES string of the molecule is C=O.CC1=CC=CC(C(=O)[O-])(S(=O)(=O)O)C1C.[Na+]. The molecule has 0 radical (unpaired) electrons. The minimum Gasteiger partial charge on any atom is -0.548 e. The molecule has 0 aromatic heterocycles. The van der Waals surface area contributed by atoms with Crippen LogP contribution in [0.2, 0.25) is 0 Å². The van der Waals surface area contributed by atoms with E-state index >= 15 is 0 Å². The van der Waals surface area contributed by atoms with Crippen molar-refractivity contribution < 1.29 is 57.2 Å². The minimum atomic E-state index is -4.76. The summed E-state index contributed by atoms with van der Waals surface area (Å²) >= 11 is 0. The first kappa shape index (κ1) is 19.9. The van der Waals surface area contributed by atoms with Gasteiger partial charge in [-0.2, -0.15) is 8.42 Å². The molecule has 1 rings (SSSR count). The van der Waals surface area contributed by atoms with E-state index in [0.717, 1.165) is 6.08 Å². The van der Waals surface area contributed by atoms with E-state index in [9.17, 15) is 18.3 Å². The van der Waals surface area contributed by atoms with Gasteiger partial charge in [-0.05, 0) is 6.92 Å². The number of aliphatic carboxylic acids is 1. The largest absolute Gasteiger partial charge is 1.00 e. The Balaban J connectivity index is 0. The summed E-state index contributed by atoms with van der Waals surface area (Å²) in [5.41, 5.74) is 0.555. The molecule has 0 heterocycles. The van der Waals surface area contributed by atoms with Gasteiger partial charge in [0, 0.05) is 5.92 Å². The second-order valence-electron chi connectivity index (χ2n) is 3.55. The smallest absolute Gasteiger partial charge is 0.548 e. The van der Waals surface area contributed by atoms with Crippen molar-refractivity contribution in [2.45, 2.75) is 18.6 Å². The molecule has 18 heavy (non-hydrogen) atoms. The van der Waals surface area contributed by atoms with Crippen LogP contribution in [0.5, 0.6) is 0 Å². The zero-order valence-electron chi connectivity index (χ0n) is 10.4. The van der Waals surface area contributed by atoms with Crippen LogP contribution in [0.3, 0.4) is 0 Å². The third kappa shape index (κ3) is 3.30. The number of rotatable bonds is 2. The zero-order valence-corrected chi connectivity index (χ0v) is 13.2. The van der Waals surface area contributed by atoms with Crippen molar-refractivity contribution in [3.8, 4) is 0 Å². The molecule has 96 valence electrons. The Kier molecular flexibility index (Phi) is 7.94. The van der Waals surface area contributed by atoms with E-state index in [1.807, 2.05) is 6.79 Å². The maximum Gasteiger partial charge on any atom is 1.00 e. The van der Waals surface area contributed by atoms with E-state index in [4.69, 9.17) is 9.35 Å². The molecular formula is C10H13NaO6S. The molecule has 0 fully saturated rings. The minimum absolute atomic E-state index is 0. The molecule has 1 aliphatic carbocycles. The van der Waals surface area contributed by atoms with Crippen molar-refractivity contribution in [3.63, 3.8) is 0 Å². The number of allylic oxidation sites excluding steroid dienone is 3. The molecule has 0 saturated carbocycles. The first-order valence-electron chi connectivity index (χ1n) is 4.57. The van der Waals surface area contributed by atoms with Gasteiger partial charge in [-0.15, -0.1) is 0 Å². The van der Waals surface area contributed by atoms with Gasteiger partial charge in [0.05, 0.1) is 5.97 Å². The molecule has 0 aromatic carbocycles. The van der Waals surface area contributed by atoms with Crippen LogP contribution in [-0.2, 0) is 19.7 Å². The van der Waals surface area contributed by atoms with Crippen molar-refractivity contribution in [3.05, 3.63) is 23.8 Å². The first-order valence-corrected chi connectivity index (χ1v) is 6.01. The van der Waals surface area contributed by atoms with Gasteiger partial charge < -0.3 is 14.7 Å². The summed E-state index contributed by atoms with van der Waals surface area (Å²) in [6.07, 6.45) is 3.82. The molecular weight excluding hydrogens is 271 g/mol. The van der Waals surface area contributed by atoms with Gasteiger partial charge in [-0.25, -0.2) is 0 Å². The van der Waals surface area contributed by atoms with Crippen LogP contribution in [0.1, 0.15) is 13.8 Å². The van der Waals surface area contributed by atoms with E-state index in [0.29, 0.717) is 5.57 Å². The molecule has 2 unspecified atom stereocenters. The molecule has 6 nitrogen and oxygen atoms in total. The Morgan fingerprint density at radius 1 is 1.50 bits per heavy atom. The van der Waals surface area contributed by atoms with E-state index in [1.165, 1.54) is 13.0 Å². The van der Waals surface area contributed by atoms with E-state index < -0.39 is 26.8 Å². The van der Waals surface area contributed by atoms with Crippen LogP contribution in [0.25, 0.3) is 0 Å². The van der Waals surface area contributed by atoms with Gasteiger partial charge in [0.15, 0.2) is 4.75 Å². The fourth-order valence-corrected chi connectivity index (χ4v) is 2.72. The Labute approximate surface area is 128 Å². The van der Waals surface area contributed by atoms with Crippen LogP contribution < -0.4 is 34.7 Å². The summed E-state index contributed by atoms with van der Waals surface area (Å²) in [6, 6.07) is 0. The van der Waals surface area contributed by atoms with Crippen molar-refractivity contribution >= 4 is 22.9 Å². The van der Waals surface area contributed by atoms with E-state index in [-0.39, 0.29) is 29.6 Å². The molecule has 0 aliphatic heterocycles. The molecule has 0 saturated heterocycles. The maximum atomic E-state index is 11.2. The van der Waals surface area contributed by atoms with Crippen LogP contribution in [0.15, 0.2) is 23.8 Å². The molecule has 8 heteroatoms. The van der Waals surface area contributed by atoms with Gasteiger partial charge >= 0.3 is 29.6 Å². The predicted octanol–water partition coefficient (Wildman–Crippen LogP) is -3.67. The monoisotopic (exact) mass is 284 g/mol. The quantitative estimate of drug-likeness (QED) is 0.413. The summed E-state index contributed by atoms with van der Waals surface area (Å²) in [6.45, 7) is 5.01. The number of carboxylic acid groups (broad SMARTS) is 1. The molecule has 0 bridgehead atoms. The van der Waals surface area contributed by atoms with Gasteiger partial charge in [0.25, 0.3) is 10.1 Å². The van der Waals surface area contributed by atoms with Crippen molar-refractivity contribution in [2.24, 2.45) is 5.92 Å². The van der Waals surface area contributed by atoms with Gasteiger partial charge in [0.2, 0.25) is 0 Å². The first-order chi connectivity index (χ1) is 7.73. The van der Waals surface area contributed by atoms with Crippen LogP contribution in [0.4, 0.5) is 0 Å². The maximum absolute atomic E-state index is 11.2. The number of carbonyl (C=O) groups excluding carboxylic acids is 2. The second-order valence-corrected chi connectivity index (χ2v) is 5.17. The standard InChI is InChI=1S/C9H12O5S.CH2O.Na/c1-6-4-3-5-9(7(6)2,8(10)11)15(12,13)14;1-2;/h3-5,7H,1-2H3,(H,10,11)(H,12,13,14);1H2;/q;;+1/p-1. The van der Waals surface area contributed by atoms with Crippen LogP contribution in [-0.4, -0.2) is 30.5 Å². The molecule has 1 N–H and O–H groups in total. The Morgan fingerprint density at radius 2 is 1.94 bits per heavy atom. The summed E-state index contributed by atoms with van der Waals surface area (Å²) in [7, 11) is -4.76. The molecule has 1 aliphatic rings. The predicted molar refractivity (Wildman–Crippen MR) is 58.5 cm³/mol. The third-order valence-corrected chi connectivity index (χ3v) is 4.29. The Morgan fingerprint density at radius 3 is 2.22 bits per heavy atom. The topological polar surface area (TPSA) is 112 Å². The van der Waals surface area contributed by atoms with Gasteiger partial charge in [-0.3, -0.25) is 4.55 Å². The summed E-state index contributed by atoms with van der Waals surface area (Å²) in [5.74, 6) is -2.68. The molecule has 2 atom stereocenters. The fourth-order valence-electron chi connectivity index (χ4n) is 1.63. The summed E-state index contributed by atoms with van der Waals surface area (Å²) < 4.78 is 29.0. The number of hydrogen-bond donors (Lipinski definition) is 1. The summed E-state index contributed by atoms with van der Waals surface area (Å²) in [5, 5.41) is 11.0. The third-order valence-electron chi connectivity index (χ3n) is 2.78. The molecule has 0 amide bonds. The van der Waals surface area contributed by atoms with E-state index in [2.05, 4.69) is 0 Å². The van der Waals surface area contributed by atoms with Crippen molar-refractivity contribution in [1.82, 2.24) is 0 Å².